The van der Waals surface area contributed by atoms with Crippen LogP contribution in [0.1, 0.15) is 5.56 Å². The average molecular weight is 182 g/mol. The lowest BCUT2D eigenvalue weighted by molar-refractivity contribution is 0.776. The number of benzene rings is 1. The maximum absolute atomic E-state index is 5.34. The highest BCUT2D eigenvalue weighted by atomic mass is 15.2. The molecule has 68 valence electrons. The van der Waals surface area contributed by atoms with Crippen molar-refractivity contribution in [2.75, 3.05) is 0 Å². The third-order valence-corrected chi connectivity index (χ3v) is 2.15. The quantitative estimate of drug-likeness (QED) is 0.617. The second-order valence-electron chi connectivity index (χ2n) is 3.07. The van der Waals surface area contributed by atoms with E-state index in [2.05, 4.69) is 11.0 Å². The minimum absolute atomic E-state index is 0.892. The van der Waals surface area contributed by atoms with Gasteiger partial charge in [0.25, 0.3) is 0 Å². The molecule has 1 aromatic heterocycles. The van der Waals surface area contributed by atoms with Crippen LogP contribution in [0.25, 0.3) is 11.3 Å². The summed E-state index contributed by atoms with van der Waals surface area (Å²) in [5, 5.41) is 4.11. The van der Waals surface area contributed by atoms with Crippen molar-refractivity contribution in [1.82, 2.24) is 9.78 Å². The first-order valence-corrected chi connectivity index (χ1v) is 4.36. The molecular weight excluding hydrogens is 172 g/mol. The Bertz CT molecular complexity index is 489. The molecule has 0 saturated carbocycles. The topological polar surface area (TPSA) is 17.8 Å². The van der Waals surface area contributed by atoms with Crippen molar-refractivity contribution in [3.63, 3.8) is 0 Å². The zero-order valence-electron chi connectivity index (χ0n) is 7.94. The third-order valence-electron chi connectivity index (χ3n) is 2.15. The molecule has 2 nitrogen and oxygen atoms in total. The normalized spacial score (nSPS) is 9.71. The Morgan fingerprint density at radius 2 is 2.21 bits per heavy atom. The second-order valence-corrected chi connectivity index (χ2v) is 3.07. The Balaban J connectivity index is 2.53. The molecule has 14 heavy (non-hydrogen) atoms. The summed E-state index contributed by atoms with van der Waals surface area (Å²) >= 11 is 0. The Hall–Kier alpha value is -2.01. The van der Waals surface area contributed by atoms with E-state index in [9.17, 15) is 0 Å². The molecule has 0 amide bonds. The number of rotatable bonds is 1. The fourth-order valence-corrected chi connectivity index (χ4v) is 1.43. The molecular formula is C12H10N2. The van der Waals surface area contributed by atoms with E-state index in [0.29, 0.717) is 0 Å². The lowest BCUT2D eigenvalue weighted by atomic mass is 10.1. The summed E-state index contributed by atoms with van der Waals surface area (Å²) in [4.78, 5) is 0. The SMILES string of the molecule is C#Cc1cccc(-c2ccnn2C)c1. The van der Waals surface area contributed by atoms with Crippen molar-refractivity contribution < 1.29 is 0 Å². The lowest BCUT2D eigenvalue weighted by Crippen LogP contribution is -1.93. The number of hydrogen-bond donors (Lipinski definition) is 0. The van der Waals surface area contributed by atoms with Crippen molar-refractivity contribution in [3.8, 4) is 23.6 Å². The summed E-state index contributed by atoms with van der Waals surface area (Å²) < 4.78 is 1.83. The van der Waals surface area contributed by atoms with Crippen LogP contribution in [-0.4, -0.2) is 9.78 Å². The Labute approximate surface area is 83.2 Å². The molecule has 0 atom stereocenters. The lowest BCUT2D eigenvalue weighted by Gasteiger charge is -2.01. The van der Waals surface area contributed by atoms with Crippen LogP contribution < -0.4 is 0 Å². The van der Waals surface area contributed by atoms with Crippen LogP contribution in [0, 0.1) is 12.3 Å². The van der Waals surface area contributed by atoms with E-state index in [0.717, 1.165) is 16.8 Å². The van der Waals surface area contributed by atoms with E-state index in [1.54, 1.807) is 6.20 Å². The second kappa shape index (κ2) is 3.39. The van der Waals surface area contributed by atoms with Gasteiger partial charge >= 0.3 is 0 Å². The molecule has 0 saturated heterocycles. The fraction of sp³-hybridized carbons (Fsp3) is 0.0833. The van der Waals surface area contributed by atoms with Gasteiger partial charge < -0.3 is 0 Å². The predicted octanol–water partition coefficient (Wildman–Crippen LogP) is 2.07. The van der Waals surface area contributed by atoms with Crippen molar-refractivity contribution >= 4 is 0 Å². The monoisotopic (exact) mass is 182 g/mol. The van der Waals surface area contributed by atoms with Crippen molar-refractivity contribution in [3.05, 3.63) is 42.1 Å². The first kappa shape index (κ1) is 8.58. The summed E-state index contributed by atoms with van der Waals surface area (Å²) in [5.41, 5.74) is 3.06. The molecule has 0 unspecified atom stereocenters. The van der Waals surface area contributed by atoms with Gasteiger partial charge in [0.15, 0.2) is 0 Å². The highest BCUT2D eigenvalue weighted by Gasteiger charge is 2.01. The Morgan fingerprint density at radius 3 is 2.86 bits per heavy atom. The number of hydrogen-bond acceptors (Lipinski definition) is 1. The molecule has 0 aliphatic rings. The van der Waals surface area contributed by atoms with Crippen LogP contribution in [0.2, 0.25) is 0 Å². The van der Waals surface area contributed by atoms with Gasteiger partial charge in [-0.15, -0.1) is 6.42 Å². The summed E-state index contributed by atoms with van der Waals surface area (Å²) in [5.74, 6) is 2.62. The number of aryl methyl sites for hydroxylation is 1. The molecule has 0 spiro atoms. The van der Waals surface area contributed by atoms with Crippen LogP contribution in [-0.2, 0) is 7.05 Å². The highest BCUT2D eigenvalue weighted by molar-refractivity contribution is 5.61. The zero-order chi connectivity index (χ0) is 9.97. The smallest absolute Gasteiger partial charge is 0.0679 e. The molecule has 1 aromatic carbocycles. The molecule has 0 radical (unpaired) electrons. The highest BCUT2D eigenvalue weighted by Crippen LogP contribution is 2.18. The number of nitrogens with zero attached hydrogens (tertiary/aromatic N) is 2. The van der Waals surface area contributed by atoms with Gasteiger partial charge in [0, 0.05) is 24.4 Å². The molecule has 0 N–H and O–H groups in total. The minimum atomic E-state index is 0.892. The largest absolute Gasteiger partial charge is 0.268 e. The first-order valence-electron chi connectivity index (χ1n) is 4.36. The van der Waals surface area contributed by atoms with Gasteiger partial charge in [-0.2, -0.15) is 5.10 Å². The fourth-order valence-electron chi connectivity index (χ4n) is 1.43. The Kier molecular flexibility index (Phi) is 2.08. The van der Waals surface area contributed by atoms with E-state index < -0.39 is 0 Å². The molecule has 2 heteroatoms. The summed E-state index contributed by atoms with van der Waals surface area (Å²) in [6.07, 6.45) is 7.11. The molecule has 1 heterocycles. The predicted molar refractivity (Wildman–Crippen MR) is 56.6 cm³/mol. The summed E-state index contributed by atoms with van der Waals surface area (Å²) in [7, 11) is 1.91. The van der Waals surface area contributed by atoms with Crippen LogP contribution >= 0.6 is 0 Å². The zero-order valence-corrected chi connectivity index (χ0v) is 7.94. The van der Waals surface area contributed by atoms with E-state index in [4.69, 9.17) is 6.42 Å². The van der Waals surface area contributed by atoms with Crippen LogP contribution in [0.15, 0.2) is 36.5 Å². The van der Waals surface area contributed by atoms with E-state index in [1.165, 1.54) is 0 Å². The maximum atomic E-state index is 5.34. The Morgan fingerprint density at radius 1 is 1.36 bits per heavy atom. The molecule has 2 aromatic rings. The summed E-state index contributed by atoms with van der Waals surface area (Å²) in [6.45, 7) is 0. The average Bonchev–Trinajstić information content (AvgIpc) is 2.65. The number of terminal acetylenes is 1. The molecule has 0 fully saturated rings. The molecule has 0 aliphatic carbocycles. The van der Waals surface area contributed by atoms with E-state index in [1.807, 2.05) is 42.1 Å². The van der Waals surface area contributed by atoms with Crippen LogP contribution in [0.3, 0.4) is 0 Å². The van der Waals surface area contributed by atoms with Crippen molar-refractivity contribution in [2.45, 2.75) is 0 Å². The van der Waals surface area contributed by atoms with Gasteiger partial charge in [0.2, 0.25) is 0 Å². The molecule has 2 rings (SSSR count). The van der Waals surface area contributed by atoms with Gasteiger partial charge in [-0.25, -0.2) is 0 Å². The molecule has 0 aliphatic heterocycles. The maximum Gasteiger partial charge on any atom is 0.0679 e. The molecule has 0 bridgehead atoms. The van der Waals surface area contributed by atoms with Gasteiger partial charge in [-0.1, -0.05) is 18.1 Å². The van der Waals surface area contributed by atoms with E-state index >= 15 is 0 Å². The van der Waals surface area contributed by atoms with Crippen molar-refractivity contribution in [2.24, 2.45) is 7.05 Å². The standard InChI is InChI=1S/C12H10N2/c1-3-10-5-4-6-11(9-10)12-7-8-13-14(12)2/h1,4-9H,2H3. The summed E-state index contributed by atoms with van der Waals surface area (Å²) in [6, 6.07) is 9.85. The van der Waals surface area contributed by atoms with Crippen molar-refractivity contribution in [1.29, 1.82) is 0 Å². The van der Waals surface area contributed by atoms with Crippen LogP contribution in [0.5, 0.6) is 0 Å². The van der Waals surface area contributed by atoms with Gasteiger partial charge in [0.1, 0.15) is 0 Å². The third kappa shape index (κ3) is 1.40. The van der Waals surface area contributed by atoms with Gasteiger partial charge in [-0.05, 0) is 18.2 Å². The van der Waals surface area contributed by atoms with E-state index in [-0.39, 0.29) is 0 Å². The number of aromatic nitrogens is 2. The minimum Gasteiger partial charge on any atom is -0.268 e. The van der Waals surface area contributed by atoms with Crippen LogP contribution in [0.4, 0.5) is 0 Å². The van der Waals surface area contributed by atoms with Gasteiger partial charge in [0.05, 0.1) is 5.69 Å². The first-order chi connectivity index (χ1) is 6.81. The van der Waals surface area contributed by atoms with Gasteiger partial charge in [-0.3, -0.25) is 4.68 Å².